The summed E-state index contributed by atoms with van der Waals surface area (Å²) in [5, 5.41) is 9.25. The number of phenolic OH excluding ortho intramolecular Hbond substituents is 1. The van der Waals surface area contributed by atoms with Crippen molar-refractivity contribution in [2.45, 2.75) is 0 Å². The standard InChI is InChI=1S/C12H9FO/c13-11-6-4-9(5-7-11)10-2-1-3-12(14)8-10/h1-8,14H. The number of phenols is 1. The molecule has 0 unspecified atom stereocenters. The molecule has 0 fully saturated rings. The summed E-state index contributed by atoms with van der Waals surface area (Å²) in [5.74, 6) is -0.0410. The quantitative estimate of drug-likeness (QED) is 0.728. The van der Waals surface area contributed by atoms with Gasteiger partial charge in [0.2, 0.25) is 0 Å². The summed E-state index contributed by atoms with van der Waals surface area (Å²) < 4.78 is 12.6. The second-order valence-corrected chi connectivity index (χ2v) is 3.06. The molecule has 0 aliphatic heterocycles. The van der Waals surface area contributed by atoms with Crippen molar-refractivity contribution >= 4 is 0 Å². The van der Waals surface area contributed by atoms with Gasteiger partial charge in [0, 0.05) is 0 Å². The summed E-state index contributed by atoms with van der Waals surface area (Å²) in [6.45, 7) is 0. The van der Waals surface area contributed by atoms with Gasteiger partial charge in [-0.1, -0.05) is 24.3 Å². The molecular formula is C12H9FO. The third kappa shape index (κ3) is 1.74. The summed E-state index contributed by atoms with van der Waals surface area (Å²) in [7, 11) is 0. The van der Waals surface area contributed by atoms with Crippen molar-refractivity contribution < 1.29 is 9.50 Å². The van der Waals surface area contributed by atoms with Crippen molar-refractivity contribution in [3.05, 3.63) is 54.3 Å². The molecule has 0 aliphatic carbocycles. The van der Waals surface area contributed by atoms with Gasteiger partial charge in [-0.15, -0.1) is 0 Å². The van der Waals surface area contributed by atoms with Gasteiger partial charge in [-0.2, -0.15) is 0 Å². The van der Waals surface area contributed by atoms with Gasteiger partial charge in [0.25, 0.3) is 0 Å². The molecule has 0 atom stereocenters. The van der Waals surface area contributed by atoms with E-state index in [2.05, 4.69) is 0 Å². The lowest BCUT2D eigenvalue weighted by Crippen LogP contribution is -1.78. The maximum atomic E-state index is 12.6. The fourth-order valence-electron chi connectivity index (χ4n) is 1.33. The third-order valence-corrected chi connectivity index (χ3v) is 2.02. The number of halogens is 1. The molecule has 14 heavy (non-hydrogen) atoms. The predicted octanol–water partition coefficient (Wildman–Crippen LogP) is 3.20. The van der Waals surface area contributed by atoms with Crippen LogP contribution in [-0.2, 0) is 0 Å². The van der Waals surface area contributed by atoms with E-state index in [4.69, 9.17) is 0 Å². The van der Waals surface area contributed by atoms with E-state index in [1.165, 1.54) is 12.1 Å². The van der Waals surface area contributed by atoms with Crippen LogP contribution in [0.25, 0.3) is 11.1 Å². The van der Waals surface area contributed by atoms with E-state index in [-0.39, 0.29) is 11.6 Å². The maximum Gasteiger partial charge on any atom is 0.123 e. The maximum absolute atomic E-state index is 12.6. The van der Waals surface area contributed by atoms with E-state index in [9.17, 15) is 9.50 Å². The first-order chi connectivity index (χ1) is 6.75. The van der Waals surface area contributed by atoms with Gasteiger partial charge < -0.3 is 5.11 Å². The van der Waals surface area contributed by atoms with Crippen LogP contribution in [0.15, 0.2) is 48.5 Å². The highest BCUT2D eigenvalue weighted by Gasteiger charge is 1.98. The molecule has 2 rings (SSSR count). The zero-order valence-corrected chi connectivity index (χ0v) is 7.44. The van der Waals surface area contributed by atoms with Crippen LogP contribution in [0.2, 0.25) is 0 Å². The smallest absolute Gasteiger partial charge is 0.123 e. The fourth-order valence-corrected chi connectivity index (χ4v) is 1.33. The number of rotatable bonds is 1. The monoisotopic (exact) mass is 188 g/mol. The Kier molecular flexibility index (Phi) is 2.19. The van der Waals surface area contributed by atoms with Crippen molar-refractivity contribution in [1.82, 2.24) is 0 Å². The number of benzene rings is 2. The van der Waals surface area contributed by atoms with Gasteiger partial charge in [-0.05, 0) is 35.4 Å². The minimum atomic E-state index is -0.256. The van der Waals surface area contributed by atoms with E-state index in [1.807, 2.05) is 6.07 Å². The summed E-state index contributed by atoms with van der Waals surface area (Å²) in [5.41, 5.74) is 1.77. The van der Waals surface area contributed by atoms with Crippen LogP contribution in [0.3, 0.4) is 0 Å². The Morgan fingerprint density at radius 1 is 0.857 bits per heavy atom. The lowest BCUT2D eigenvalue weighted by Gasteiger charge is -2.01. The van der Waals surface area contributed by atoms with Gasteiger partial charge in [-0.3, -0.25) is 0 Å². The van der Waals surface area contributed by atoms with E-state index in [0.29, 0.717) is 0 Å². The molecule has 70 valence electrons. The lowest BCUT2D eigenvalue weighted by molar-refractivity contribution is 0.475. The molecule has 0 aromatic heterocycles. The van der Waals surface area contributed by atoms with E-state index in [0.717, 1.165) is 11.1 Å². The normalized spacial score (nSPS) is 10.1. The zero-order valence-electron chi connectivity index (χ0n) is 7.44. The molecule has 2 heteroatoms. The average Bonchev–Trinajstić information content (AvgIpc) is 2.19. The topological polar surface area (TPSA) is 20.2 Å². The van der Waals surface area contributed by atoms with Crippen molar-refractivity contribution in [2.75, 3.05) is 0 Å². The second-order valence-electron chi connectivity index (χ2n) is 3.06. The Morgan fingerprint density at radius 2 is 1.57 bits per heavy atom. The van der Waals surface area contributed by atoms with Crippen LogP contribution in [0, 0.1) is 5.82 Å². The molecule has 0 spiro atoms. The van der Waals surface area contributed by atoms with Crippen LogP contribution >= 0.6 is 0 Å². The molecule has 0 aliphatic rings. The van der Waals surface area contributed by atoms with Gasteiger partial charge >= 0.3 is 0 Å². The van der Waals surface area contributed by atoms with E-state index < -0.39 is 0 Å². The van der Waals surface area contributed by atoms with E-state index >= 15 is 0 Å². The largest absolute Gasteiger partial charge is 0.508 e. The van der Waals surface area contributed by atoms with Gasteiger partial charge in [0.05, 0.1) is 0 Å². The molecule has 0 saturated carbocycles. The molecule has 0 amide bonds. The minimum Gasteiger partial charge on any atom is -0.508 e. The van der Waals surface area contributed by atoms with Gasteiger partial charge in [0.1, 0.15) is 11.6 Å². The molecule has 0 radical (unpaired) electrons. The van der Waals surface area contributed by atoms with Crippen LogP contribution in [-0.4, -0.2) is 5.11 Å². The molecular weight excluding hydrogens is 179 g/mol. The first-order valence-corrected chi connectivity index (χ1v) is 4.31. The molecule has 2 aromatic rings. The SMILES string of the molecule is Oc1cccc(-c2ccc(F)cc2)c1. The van der Waals surface area contributed by atoms with Crippen molar-refractivity contribution in [3.8, 4) is 16.9 Å². The molecule has 1 N–H and O–H groups in total. The predicted molar refractivity (Wildman–Crippen MR) is 53.5 cm³/mol. The van der Waals surface area contributed by atoms with Crippen LogP contribution in [0.5, 0.6) is 5.75 Å². The Labute approximate surface area is 81.4 Å². The Balaban J connectivity index is 2.44. The number of aromatic hydroxyl groups is 1. The van der Waals surface area contributed by atoms with Crippen LogP contribution < -0.4 is 0 Å². The Bertz CT molecular complexity index is 434. The summed E-state index contributed by atoms with van der Waals surface area (Å²) >= 11 is 0. The third-order valence-electron chi connectivity index (χ3n) is 2.02. The highest BCUT2D eigenvalue weighted by atomic mass is 19.1. The van der Waals surface area contributed by atoms with Gasteiger partial charge in [-0.25, -0.2) is 4.39 Å². The highest BCUT2D eigenvalue weighted by Crippen LogP contribution is 2.22. The molecule has 0 saturated heterocycles. The zero-order chi connectivity index (χ0) is 9.97. The lowest BCUT2D eigenvalue weighted by atomic mass is 10.1. The molecule has 0 heterocycles. The van der Waals surface area contributed by atoms with Crippen LogP contribution in [0.4, 0.5) is 4.39 Å². The van der Waals surface area contributed by atoms with Crippen molar-refractivity contribution in [1.29, 1.82) is 0 Å². The Hall–Kier alpha value is -1.83. The molecule has 1 nitrogen and oxygen atoms in total. The summed E-state index contributed by atoms with van der Waals surface area (Å²) in [6.07, 6.45) is 0. The van der Waals surface area contributed by atoms with E-state index in [1.54, 1.807) is 30.3 Å². The number of hydrogen-bond donors (Lipinski definition) is 1. The minimum absolute atomic E-state index is 0.215. The summed E-state index contributed by atoms with van der Waals surface area (Å²) in [6, 6.07) is 13.0. The van der Waals surface area contributed by atoms with Gasteiger partial charge in [0.15, 0.2) is 0 Å². The first kappa shape index (κ1) is 8.75. The second kappa shape index (κ2) is 3.50. The van der Waals surface area contributed by atoms with Crippen molar-refractivity contribution in [2.24, 2.45) is 0 Å². The van der Waals surface area contributed by atoms with Crippen LogP contribution in [0.1, 0.15) is 0 Å². The molecule has 2 aromatic carbocycles. The fraction of sp³-hybridized carbons (Fsp3) is 0. The highest BCUT2D eigenvalue weighted by molar-refractivity contribution is 5.64. The number of hydrogen-bond acceptors (Lipinski definition) is 1. The molecule has 0 bridgehead atoms. The first-order valence-electron chi connectivity index (χ1n) is 4.31. The van der Waals surface area contributed by atoms with Crippen molar-refractivity contribution in [3.63, 3.8) is 0 Å². The Morgan fingerprint density at radius 3 is 2.21 bits per heavy atom. The average molecular weight is 188 g/mol. The summed E-state index contributed by atoms with van der Waals surface area (Å²) in [4.78, 5) is 0.